The van der Waals surface area contributed by atoms with E-state index in [0.717, 1.165) is 6.07 Å². The zero-order valence-corrected chi connectivity index (χ0v) is 19.3. The molecule has 1 heterocycles. The van der Waals surface area contributed by atoms with E-state index < -0.39 is 35.7 Å². The predicted molar refractivity (Wildman–Crippen MR) is 121 cm³/mol. The van der Waals surface area contributed by atoms with E-state index in [1.807, 2.05) is 0 Å². The third-order valence-corrected chi connectivity index (χ3v) is 5.13. The van der Waals surface area contributed by atoms with E-state index in [0.29, 0.717) is 5.56 Å². The van der Waals surface area contributed by atoms with E-state index in [2.05, 4.69) is 20.6 Å². The van der Waals surface area contributed by atoms with Crippen LogP contribution in [0.4, 0.5) is 13.2 Å². The van der Waals surface area contributed by atoms with Gasteiger partial charge in [0, 0.05) is 18.9 Å². The van der Waals surface area contributed by atoms with E-state index in [-0.39, 0.29) is 29.4 Å². The molecule has 9 nitrogen and oxygen atoms in total. The van der Waals surface area contributed by atoms with Gasteiger partial charge in [-0.15, -0.1) is 0 Å². The molecule has 36 heavy (non-hydrogen) atoms. The first-order chi connectivity index (χ1) is 17.1. The number of nitrogens with zero attached hydrogens (tertiary/aromatic N) is 2. The maximum atomic E-state index is 13.4. The highest BCUT2D eigenvalue weighted by Gasteiger charge is 2.36. The van der Waals surface area contributed by atoms with Gasteiger partial charge in [0.25, 0.3) is 5.91 Å². The number of aromatic nitrogens is 2. The number of aliphatic hydroxyl groups is 1. The number of alkyl halides is 3. The van der Waals surface area contributed by atoms with E-state index in [9.17, 15) is 27.9 Å². The molecule has 1 aromatic heterocycles. The molecule has 0 bridgehead atoms. The quantitative estimate of drug-likeness (QED) is 0.409. The summed E-state index contributed by atoms with van der Waals surface area (Å²) in [6.45, 7) is 0.706. The molecule has 0 unspecified atom stereocenters. The van der Waals surface area contributed by atoms with Crippen molar-refractivity contribution in [1.29, 1.82) is 0 Å². The minimum atomic E-state index is -4.64. The van der Waals surface area contributed by atoms with Gasteiger partial charge < -0.3 is 25.2 Å². The van der Waals surface area contributed by atoms with Gasteiger partial charge in [-0.1, -0.05) is 12.1 Å². The fourth-order valence-electron chi connectivity index (χ4n) is 3.03. The van der Waals surface area contributed by atoms with Crippen molar-refractivity contribution in [3.63, 3.8) is 0 Å². The van der Waals surface area contributed by atoms with Crippen LogP contribution in [0.1, 0.15) is 28.4 Å². The molecule has 3 aromatic rings. The van der Waals surface area contributed by atoms with Crippen molar-refractivity contribution >= 4 is 11.8 Å². The van der Waals surface area contributed by atoms with Crippen LogP contribution < -0.4 is 20.1 Å². The molecular formula is C24H23F3N4O5. The number of ether oxygens (including phenoxy) is 2. The topological polar surface area (TPSA) is 123 Å². The first-order valence-electron chi connectivity index (χ1n) is 10.5. The number of rotatable bonds is 9. The summed E-state index contributed by atoms with van der Waals surface area (Å²) in [7, 11) is 1.27. The number of nitrogens with one attached hydrogen (secondary N) is 2. The van der Waals surface area contributed by atoms with Gasteiger partial charge >= 0.3 is 6.18 Å². The fourth-order valence-corrected chi connectivity index (χ4v) is 3.03. The van der Waals surface area contributed by atoms with Crippen molar-refractivity contribution in [2.24, 2.45) is 0 Å². The molecule has 0 aliphatic heterocycles. The summed E-state index contributed by atoms with van der Waals surface area (Å²) in [4.78, 5) is 32.5. The monoisotopic (exact) mass is 504 g/mol. The summed E-state index contributed by atoms with van der Waals surface area (Å²) in [6, 6.07) is 9.40. The Morgan fingerprint density at radius 3 is 2.25 bits per heavy atom. The Morgan fingerprint density at radius 1 is 1.03 bits per heavy atom. The highest BCUT2D eigenvalue weighted by Crippen LogP contribution is 2.40. The Hall–Kier alpha value is -4.19. The van der Waals surface area contributed by atoms with Crippen LogP contribution in [-0.4, -0.2) is 46.1 Å². The summed E-state index contributed by atoms with van der Waals surface area (Å²) in [5, 5.41) is 14.8. The van der Waals surface area contributed by atoms with Gasteiger partial charge in [0.15, 0.2) is 0 Å². The van der Waals surface area contributed by atoms with Crippen molar-refractivity contribution in [2.75, 3.05) is 13.7 Å². The van der Waals surface area contributed by atoms with Crippen molar-refractivity contribution in [3.05, 3.63) is 77.9 Å². The number of halogens is 3. The SMILES string of the molecule is COc1ccc(Oc2ccc(CNC(=O)[C@@](C)(CO)NC(=O)c3cncnc3)cc2)c(C(F)(F)F)c1. The first kappa shape index (κ1) is 26.4. The third kappa shape index (κ3) is 6.48. The largest absolute Gasteiger partial charge is 0.497 e. The molecule has 1 atom stereocenters. The lowest BCUT2D eigenvalue weighted by molar-refractivity contribution is -0.138. The number of amides is 2. The van der Waals surface area contributed by atoms with Gasteiger partial charge in [0.2, 0.25) is 5.91 Å². The van der Waals surface area contributed by atoms with Crippen LogP contribution in [0.25, 0.3) is 0 Å². The van der Waals surface area contributed by atoms with Gasteiger partial charge in [-0.05, 0) is 42.8 Å². The summed E-state index contributed by atoms with van der Waals surface area (Å²) in [6.07, 6.45) is -0.857. The molecule has 190 valence electrons. The number of hydrogen-bond acceptors (Lipinski definition) is 7. The Morgan fingerprint density at radius 2 is 1.67 bits per heavy atom. The molecule has 2 aromatic carbocycles. The van der Waals surface area contributed by atoms with E-state index in [1.165, 1.54) is 57.0 Å². The Balaban J connectivity index is 1.64. The molecular weight excluding hydrogens is 481 g/mol. The molecule has 3 rings (SSSR count). The van der Waals surface area contributed by atoms with E-state index in [1.54, 1.807) is 12.1 Å². The zero-order valence-electron chi connectivity index (χ0n) is 19.3. The second-order valence-electron chi connectivity index (χ2n) is 7.86. The summed E-state index contributed by atoms with van der Waals surface area (Å²) < 4.78 is 50.4. The van der Waals surface area contributed by atoms with Crippen molar-refractivity contribution in [3.8, 4) is 17.2 Å². The van der Waals surface area contributed by atoms with Crippen molar-refractivity contribution in [1.82, 2.24) is 20.6 Å². The molecule has 0 fully saturated rings. The smallest absolute Gasteiger partial charge is 0.420 e. The highest BCUT2D eigenvalue weighted by atomic mass is 19.4. The molecule has 0 saturated heterocycles. The average molecular weight is 504 g/mol. The Labute approximate surface area is 204 Å². The summed E-state index contributed by atoms with van der Waals surface area (Å²) in [5.41, 5.74) is -1.89. The van der Waals surface area contributed by atoms with E-state index in [4.69, 9.17) is 9.47 Å². The van der Waals surface area contributed by atoms with Gasteiger partial charge in [-0.25, -0.2) is 9.97 Å². The number of carbonyl (C=O) groups excluding carboxylic acids is 2. The van der Waals surface area contributed by atoms with Crippen LogP contribution in [0, 0.1) is 0 Å². The average Bonchev–Trinajstić information content (AvgIpc) is 2.88. The molecule has 2 amide bonds. The molecule has 0 spiro atoms. The first-order valence-corrected chi connectivity index (χ1v) is 10.5. The second-order valence-corrected chi connectivity index (χ2v) is 7.86. The Kier molecular flexibility index (Phi) is 8.10. The number of aliphatic hydroxyl groups excluding tert-OH is 1. The molecule has 12 heteroatoms. The third-order valence-electron chi connectivity index (χ3n) is 5.13. The number of methoxy groups -OCH3 is 1. The maximum absolute atomic E-state index is 13.4. The maximum Gasteiger partial charge on any atom is 0.420 e. The van der Waals surface area contributed by atoms with Crippen LogP contribution in [0.3, 0.4) is 0 Å². The second kappa shape index (κ2) is 11.0. The predicted octanol–water partition coefficient (Wildman–Crippen LogP) is 3.09. The van der Waals surface area contributed by atoms with Crippen molar-refractivity contribution < 1.29 is 37.3 Å². The summed E-state index contributed by atoms with van der Waals surface area (Å²) in [5.74, 6) is -1.48. The van der Waals surface area contributed by atoms with Gasteiger partial charge in [-0.2, -0.15) is 13.2 Å². The molecule has 0 radical (unpaired) electrons. The standard InChI is InChI=1S/C24H23F3N4O5/c1-23(13-32,31-21(33)16-11-28-14-29-12-16)22(34)30-10-15-3-5-17(6-4-15)36-20-8-7-18(35-2)9-19(20)24(25,26)27/h3-9,11-12,14,32H,10,13H2,1-2H3,(H,30,34)(H,31,33)/t23-/m1/s1. The van der Waals surface area contributed by atoms with Crippen LogP contribution in [-0.2, 0) is 17.5 Å². The fraction of sp³-hybridized carbons (Fsp3) is 0.250. The zero-order chi connectivity index (χ0) is 26.3. The van der Waals surface area contributed by atoms with Crippen LogP contribution in [0.5, 0.6) is 17.2 Å². The number of benzene rings is 2. The lowest BCUT2D eigenvalue weighted by Gasteiger charge is -2.27. The molecule has 3 N–H and O–H groups in total. The van der Waals surface area contributed by atoms with Gasteiger partial charge in [-0.3, -0.25) is 9.59 Å². The Bertz CT molecular complexity index is 1210. The van der Waals surface area contributed by atoms with Crippen LogP contribution in [0.15, 0.2) is 61.2 Å². The molecule has 0 aliphatic rings. The van der Waals surface area contributed by atoms with Gasteiger partial charge in [0.1, 0.15) is 34.7 Å². The minimum Gasteiger partial charge on any atom is -0.497 e. The molecule has 0 saturated carbocycles. The van der Waals surface area contributed by atoms with Crippen LogP contribution in [0.2, 0.25) is 0 Å². The minimum absolute atomic E-state index is 0.0232. The lowest BCUT2D eigenvalue weighted by atomic mass is 10.0. The van der Waals surface area contributed by atoms with Crippen molar-refractivity contribution in [2.45, 2.75) is 25.2 Å². The highest BCUT2D eigenvalue weighted by molar-refractivity contribution is 5.98. The molecule has 0 aliphatic carbocycles. The number of carbonyl (C=O) groups is 2. The van der Waals surface area contributed by atoms with Crippen LogP contribution >= 0.6 is 0 Å². The lowest BCUT2D eigenvalue weighted by Crippen LogP contribution is -2.59. The normalized spacial score (nSPS) is 12.8. The summed E-state index contributed by atoms with van der Waals surface area (Å²) >= 11 is 0. The van der Waals surface area contributed by atoms with E-state index >= 15 is 0 Å². The number of hydrogen-bond donors (Lipinski definition) is 3. The van der Waals surface area contributed by atoms with Gasteiger partial charge in [0.05, 0.1) is 19.3 Å².